The van der Waals surface area contributed by atoms with Crippen molar-refractivity contribution in [3.63, 3.8) is 0 Å². The molecule has 1 heterocycles. The molecule has 4 aromatic carbocycles. The molecular weight excluding hydrogens is 603 g/mol. The Labute approximate surface area is 234 Å². The number of hydrogen-bond acceptors (Lipinski definition) is 0. The van der Waals surface area contributed by atoms with Crippen LogP contribution in [-0.2, 0) is 0 Å². The second kappa shape index (κ2) is 12.2. The lowest BCUT2D eigenvalue weighted by molar-refractivity contribution is 0.447. The molecule has 14 heteroatoms. The first-order chi connectivity index (χ1) is 20.3. The molecule has 0 aliphatic carbocycles. The summed E-state index contributed by atoms with van der Waals surface area (Å²) >= 11 is 0. The van der Waals surface area contributed by atoms with Crippen LogP contribution >= 0.6 is 0 Å². The van der Waals surface area contributed by atoms with E-state index in [-0.39, 0.29) is 48.5 Å². The van der Waals surface area contributed by atoms with Crippen LogP contribution < -0.4 is 21.9 Å². The standard InChI is InChI=1S/C24H8BF12.C5H5O/c26-13-1-9(2-14(27)21(13)34)25(10-3-15(28)22(35)16(29)4-10,11-5-17(30)23(36)18(31)6-11)12-7-19(32)24(37)20(33)8-12;1-2-4-6-5-3-1/h1-8H;1-5H/q-1;+1. The van der Waals surface area contributed by atoms with Gasteiger partial charge < -0.3 is 0 Å². The lowest BCUT2D eigenvalue weighted by Gasteiger charge is -2.44. The molecule has 0 radical (unpaired) electrons. The SMILES string of the molecule is Fc1cc([B-](c2cc(F)c(F)c(F)c2)(c2cc(F)c(F)c(F)c2)c2cc(F)c(F)c(F)c2)cc(F)c1F.c1cc[o+]cc1. The molecule has 43 heavy (non-hydrogen) atoms. The molecule has 222 valence electrons. The Morgan fingerprint density at radius 3 is 0.674 bits per heavy atom. The lowest BCUT2D eigenvalue weighted by Crippen LogP contribution is -2.75. The smallest absolute Gasteiger partial charge is 0.224 e. The van der Waals surface area contributed by atoms with Gasteiger partial charge in [0.05, 0.1) is 0 Å². The van der Waals surface area contributed by atoms with Gasteiger partial charge in [-0.15, -0.1) is 0 Å². The van der Waals surface area contributed by atoms with Gasteiger partial charge in [-0.2, -0.15) is 21.9 Å². The first kappa shape index (κ1) is 31.2. The number of hydrogen-bond donors (Lipinski definition) is 0. The zero-order chi connectivity index (χ0) is 31.6. The highest BCUT2D eigenvalue weighted by molar-refractivity contribution is 7.19. The minimum Gasteiger partial charge on any atom is -0.224 e. The van der Waals surface area contributed by atoms with E-state index in [1.54, 1.807) is 12.5 Å². The van der Waals surface area contributed by atoms with Crippen LogP contribution in [0.3, 0.4) is 0 Å². The molecule has 5 rings (SSSR count). The third kappa shape index (κ3) is 5.81. The highest BCUT2D eigenvalue weighted by Gasteiger charge is 2.37. The number of benzene rings is 4. The summed E-state index contributed by atoms with van der Waals surface area (Å²) in [5, 5.41) is 0. The Morgan fingerprint density at radius 1 is 0.326 bits per heavy atom. The summed E-state index contributed by atoms with van der Waals surface area (Å²) in [4.78, 5) is 0. The van der Waals surface area contributed by atoms with Gasteiger partial charge in [0.25, 0.3) is 0 Å². The topological polar surface area (TPSA) is 11.3 Å². The summed E-state index contributed by atoms with van der Waals surface area (Å²) in [6, 6.07) is 6.98. The van der Waals surface area contributed by atoms with Gasteiger partial charge in [-0.3, -0.25) is 0 Å². The van der Waals surface area contributed by atoms with E-state index < -0.39 is 97.8 Å². The molecule has 0 fully saturated rings. The average molecular weight is 616 g/mol. The van der Waals surface area contributed by atoms with Crippen molar-refractivity contribution in [3.05, 3.63) is 149 Å². The number of halogens is 12. The van der Waals surface area contributed by atoms with Crippen LogP contribution in [0, 0.1) is 69.8 Å². The van der Waals surface area contributed by atoms with E-state index in [1.807, 2.05) is 18.2 Å². The van der Waals surface area contributed by atoms with Crippen LogP contribution in [0.4, 0.5) is 52.7 Å². The molecule has 0 aliphatic rings. The van der Waals surface area contributed by atoms with E-state index in [9.17, 15) is 52.7 Å². The fraction of sp³-hybridized carbons (Fsp3) is 0. The molecule has 0 unspecified atom stereocenters. The first-order valence-corrected chi connectivity index (χ1v) is 11.8. The number of rotatable bonds is 4. The molecule has 1 nitrogen and oxygen atoms in total. The van der Waals surface area contributed by atoms with Gasteiger partial charge in [-0.1, -0.05) is 48.5 Å². The van der Waals surface area contributed by atoms with E-state index in [4.69, 9.17) is 0 Å². The highest BCUT2D eigenvalue weighted by atomic mass is 19.2. The molecule has 5 aromatic rings. The largest absolute Gasteiger partial charge is 0.317 e. The Morgan fingerprint density at radius 2 is 0.535 bits per heavy atom. The van der Waals surface area contributed by atoms with Crippen molar-refractivity contribution in [2.75, 3.05) is 0 Å². The summed E-state index contributed by atoms with van der Waals surface area (Å²) < 4.78 is 175. The Kier molecular flexibility index (Phi) is 8.88. The van der Waals surface area contributed by atoms with Crippen molar-refractivity contribution >= 4 is 28.0 Å². The molecular formula is C29H13BF12O. The first-order valence-electron chi connectivity index (χ1n) is 11.8. The highest BCUT2D eigenvalue weighted by Crippen LogP contribution is 2.21. The van der Waals surface area contributed by atoms with Gasteiger partial charge in [-0.25, -0.2) is 57.1 Å². The van der Waals surface area contributed by atoms with Crippen LogP contribution in [0.1, 0.15) is 0 Å². The normalized spacial score (nSPS) is 11.3. The summed E-state index contributed by atoms with van der Waals surface area (Å²) in [6.45, 7) is 0. The Hall–Kier alpha value is -4.75. The fourth-order valence-corrected chi connectivity index (χ4v) is 4.75. The van der Waals surface area contributed by atoms with Gasteiger partial charge in [-0.05, 0) is 6.07 Å². The van der Waals surface area contributed by atoms with Gasteiger partial charge in [0, 0.05) is 12.1 Å². The van der Waals surface area contributed by atoms with Crippen molar-refractivity contribution in [3.8, 4) is 0 Å². The third-order valence-electron chi connectivity index (χ3n) is 6.56. The fourth-order valence-electron chi connectivity index (χ4n) is 4.75. The third-order valence-corrected chi connectivity index (χ3v) is 6.56. The van der Waals surface area contributed by atoms with Crippen LogP contribution in [0.2, 0.25) is 0 Å². The molecule has 0 saturated carbocycles. The van der Waals surface area contributed by atoms with E-state index in [1.165, 1.54) is 0 Å². The average Bonchev–Trinajstić information content (AvgIpc) is 2.97. The van der Waals surface area contributed by atoms with Crippen molar-refractivity contribution in [1.82, 2.24) is 0 Å². The Bertz CT molecular complexity index is 1460. The van der Waals surface area contributed by atoms with E-state index >= 15 is 0 Å². The van der Waals surface area contributed by atoms with Crippen LogP contribution in [0.5, 0.6) is 0 Å². The lowest BCUT2D eigenvalue weighted by atomic mass is 9.13. The van der Waals surface area contributed by atoms with Gasteiger partial charge >= 0.3 is 12.5 Å². The summed E-state index contributed by atoms with van der Waals surface area (Å²) in [6.07, 6.45) is -0.763. The summed E-state index contributed by atoms with van der Waals surface area (Å²) in [7, 11) is 0. The minimum atomic E-state index is -4.01. The maximum absolute atomic E-state index is 14.4. The van der Waals surface area contributed by atoms with E-state index in [2.05, 4.69) is 4.42 Å². The molecule has 0 N–H and O–H groups in total. The monoisotopic (exact) mass is 616 g/mol. The van der Waals surface area contributed by atoms with Crippen molar-refractivity contribution in [1.29, 1.82) is 0 Å². The molecule has 0 bridgehead atoms. The van der Waals surface area contributed by atoms with Gasteiger partial charge in [0.1, 0.15) is 6.15 Å². The van der Waals surface area contributed by atoms with Gasteiger partial charge in [0.2, 0.25) is 0 Å². The van der Waals surface area contributed by atoms with E-state index in [0.717, 1.165) is 0 Å². The molecule has 0 atom stereocenters. The van der Waals surface area contributed by atoms with Crippen LogP contribution in [0.15, 0.2) is 83.7 Å². The second-order valence-electron chi connectivity index (χ2n) is 9.05. The predicted octanol–water partition coefficient (Wildman–Crippen LogP) is 6.29. The second-order valence-corrected chi connectivity index (χ2v) is 9.05. The quantitative estimate of drug-likeness (QED) is 0.100. The van der Waals surface area contributed by atoms with E-state index in [0.29, 0.717) is 0 Å². The predicted molar refractivity (Wildman–Crippen MR) is 133 cm³/mol. The zero-order valence-corrected chi connectivity index (χ0v) is 21.0. The molecule has 0 saturated heterocycles. The van der Waals surface area contributed by atoms with Crippen molar-refractivity contribution in [2.24, 2.45) is 0 Å². The molecule has 0 spiro atoms. The van der Waals surface area contributed by atoms with Crippen molar-refractivity contribution < 1.29 is 57.1 Å². The molecule has 0 amide bonds. The van der Waals surface area contributed by atoms with Crippen LogP contribution in [-0.4, -0.2) is 6.15 Å². The molecule has 0 aliphatic heterocycles. The summed E-state index contributed by atoms with van der Waals surface area (Å²) in [5.74, 6) is -24.0. The van der Waals surface area contributed by atoms with Gasteiger partial charge in [0.15, 0.2) is 69.8 Å². The Balaban J connectivity index is 0.000000628. The summed E-state index contributed by atoms with van der Waals surface area (Å²) in [5.41, 5.74) is -3.79. The molecule has 1 aromatic heterocycles. The van der Waals surface area contributed by atoms with Crippen LogP contribution in [0.25, 0.3) is 0 Å². The minimum absolute atomic E-state index is 0.177. The zero-order valence-electron chi connectivity index (χ0n) is 21.0. The maximum Gasteiger partial charge on any atom is 0.317 e. The maximum atomic E-state index is 14.4. The van der Waals surface area contributed by atoms with Crippen molar-refractivity contribution in [2.45, 2.75) is 0 Å².